The number of fused-ring (bicyclic) bond motifs is 6. The van der Waals surface area contributed by atoms with Crippen molar-refractivity contribution < 1.29 is 5.11 Å². The second-order valence-corrected chi connectivity index (χ2v) is 9.24. The van der Waals surface area contributed by atoms with Crippen LogP contribution < -0.4 is 11.2 Å². The third kappa shape index (κ3) is 2.60. The smallest absolute Gasteiger partial charge is 0.165 e. The summed E-state index contributed by atoms with van der Waals surface area (Å²) in [6, 6.07) is 32.7. The molecule has 170 valence electrons. The second kappa shape index (κ2) is 7.43. The van der Waals surface area contributed by atoms with E-state index in [1.165, 1.54) is 0 Å². The predicted octanol–water partition coefficient (Wildman–Crippen LogP) is 6.27. The number of para-hydroxylation sites is 4. The Bertz CT molecular complexity index is 1750. The van der Waals surface area contributed by atoms with Crippen molar-refractivity contribution in [1.82, 2.24) is 9.13 Å². The number of nitrogens with zero attached hydrogens (tertiary/aromatic N) is 2. The highest BCUT2D eigenvalue weighted by Gasteiger charge is 2.25. The molecular formula is C31H22BN3O. The topological polar surface area (TPSA) is 56.1 Å². The van der Waals surface area contributed by atoms with E-state index in [0.717, 1.165) is 49.2 Å². The minimum Gasteiger partial charge on any atom is -0.504 e. The van der Waals surface area contributed by atoms with Gasteiger partial charge in [0.2, 0.25) is 0 Å². The van der Waals surface area contributed by atoms with Crippen LogP contribution in [0.4, 0.5) is 5.69 Å². The quantitative estimate of drug-likeness (QED) is 0.235. The lowest BCUT2D eigenvalue weighted by atomic mass is 9.86. The van der Waals surface area contributed by atoms with Crippen molar-refractivity contribution in [3.63, 3.8) is 0 Å². The summed E-state index contributed by atoms with van der Waals surface area (Å²) in [7, 11) is 6.74. The molecule has 0 fully saturated rings. The van der Waals surface area contributed by atoms with Crippen LogP contribution in [0.25, 0.3) is 55.0 Å². The molecule has 0 atom stereocenters. The van der Waals surface area contributed by atoms with Crippen LogP contribution in [0.3, 0.4) is 0 Å². The number of aromatic nitrogens is 2. The highest BCUT2D eigenvalue weighted by atomic mass is 16.3. The molecule has 0 spiro atoms. The first kappa shape index (κ1) is 20.7. The number of rotatable bonds is 2. The average Bonchev–Trinajstić information content (AvgIpc) is 3.42. The molecule has 0 saturated heterocycles. The number of nitrogens with two attached hydrogens (primary N) is 1. The molecule has 0 aliphatic heterocycles. The first-order valence-electron chi connectivity index (χ1n) is 12.0. The van der Waals surface area contributed by atoms with Crippen LogP contribution in [-0.4, -0.2) is 22.1 Å². The Hall–Kier alpha value is -4.64. The van der Waals surface area contributed by atoms with Gasteiger partial charge in [-0.1, -0.05) is 78.3 Å². The van der Waals surface area contributed by atoms with Crippen LogP contribution in [0, 0.1) is 6.92 Å². The maximum atomic E-state index is 12.1. The van der Waals surface area contributed by atoms with Gasteiger partial charge in [0.25, 0.3) is 0 Å². The Labute approximate surface area is 209 Å². The van der Waals surface area contributed by atoms with E-state index in [9.17, 15) is 5.11 Å². The van der Waals surface area contributed by atoms with Gasteiger partial charge in [0, 0.05) is 21.5 Å². The minimum absolute atomic E-state index is 0.0496. The molecule has 4 nitrogen and oxygen atoms in total. The van der Waals surface area contributed by atoms with Crippen molar-refractivity contribution >= 4 is 62.6 Å². The monoisotopic (exact) mass is 463 g/mol. The van der Waals surface area contributed by atoms with Gasteiger partial charge in [0.1, 0.15) is 13.5 Å². The van der Waals surface area contributed by atoms with Crippen molar-refractivity contribution in [1.29, 1.82) is 0 Å². The average molecular weight is 463 g/mol. The molecule has 36 heavy (non-hydrogen) atoms. The Kier molecular flexibility index (Phi) is 4.27. The van der Waals surface area contributed by atoms with Gasteiger partial charge in [-0.25, -0.2) is 0 Å². The van der Waals surface area contributed by atoms with Gasteiger partial charge in [-0.2, -0.15) is 0 Å². The summed E-state index contributed by atoms with van der Waals surface area (Å²) in [4.78, 5) is 0. The number of phenols is 1. The maximum Gasteiger partial charge on any atom is 0.165 e. The van der Waals surface area contributed by atoms with E-state index in [0.29, 0.717) is 22.5 Å². The molecule has 0 amide bonds. The van der Waals surface area contributed by atoms with E-state index in [4.69, 9.17) is 13.6 Å². The lowest BCUT2D eigenvalue weighted by Crippen LogP contribution is -2.20. The third-order valence-corrected chi connectivity index (χ3v) is 7.37. The SMILES string of the molecule is [B]c1c(C)c(N)c(-n2c3ccccc3c3ccccc32)c(O)c1-n1c2ccccc2c2ccccc21. The molecule has 7 aromatic rings. The van der Waals surface area contributed by atoms with Crippen molar-refractivity contribution in [3.05, 3.63) is 103 Å². The first-order chi connectivity index (χ1) is 17.6. The maximum absolute atomic E-state index is 12.1. The standard InChI is InChI=1S/C31H22BN3O/c1-18-27(32)29(34-23-14-6-2-10-19(23)20-11-3-7-15-24(20)34)31(36)30(28(18)33)35-25-16-8-4-12-21(25)22-13-5-9-17-26(22)35/h2-17,36H,33H2,1H3. The molecule has 0 bridgehead atoms. The molecule has 2 radical (unpaired) electrons. The number of hydrogen-bond acceptors (Lipinski definition) is 2. The Morgan fingerprint density at radius 3 is 1.31 bits per heavy atom. The summed E-state index contributed by atoms with van der Waals surface area (Å²) in [6.45, 7) is 1.92. The molecule has 0 aliphatic carbocycles. The van der Waals surface area contributed by atoms with Gasteiger partial charge in [0.15, 0.2) is 5.75 Å². The van der Waals surface area contributed by atoms with E-state index in [1.807, 2.05) is 55.5 Å². The lowest BCUT2D eigenvalue weighted by Gasteiger charge is -2.22. The third-order valence-electron chi connectivity index (χ3n) is 7.37. The molecule has 3 N–H and O–H groups in total. The second-order valence-electron chi connectivity index (χ2n) is 9.24. The molecule has 7 rings (SSSR count). The normalized spacial score (nSPS) is 11.8. The van der Waals surface area contributed by atoms with E-state index < -0.39 is 0 Å². The van der Waals surface area contributed by atoms with Gasteiger partial charge in [-0.05, 0) is 36.8 Å². The molecule has 2 aromatic heterocycles. The van der Waals surface area contributed by atoms with Crippen LogP contribution in [0.15, 0.2) is 97.1 Å². The van der Waals surface area contributed by atoms with E-state index in [2.05, 4.69) is 57.7 Å². The van der Waals surface area contributed by atoms with E-state index in [-0.39, 0.29) is 5.75 Å². The summed E-state index contributed by atoms with van der Waals surface area (Å²) < 4.78 is 4.11. The summed E-state index contributed by atoms with van der Waals surface area (Å²) in [6.07, 6.45) is 0. The predicted molar refractivity (Wildman–Crippen MR) is 151 cm³/mol. The minimum atomic E-state index is 0.0496. The summed E-state index contributed by atoms with van der Waals surface area (Å²) >= 11 is 0. The van der Waals surface area contributed by atoms with Crippen molar-refractivity contribution in [3.8, 4) is 17.1 Å². The van der Waals surface area contributed by atoms with Crippen LogP contribution in [0.2, 0.25) is 0 Å². The van der Waals surface area contributed by atoms with Gasteiger partial charge in [-0.3, -0.25) is 0 Å². The zero-order valence-corrected chi connectivity index (χ0v) is 19.7. The zero-order chi connectivity index (χ0) is 24.6. The van der Waals surface area contributed by atoms with Crippen LogP contribution >= 0.6 is 0 Å². The van der Waals surface area contributed by atoms with Gasteiger partial charge < -0.3 is 20.0 Å². The molecular weight excluding hydrogens is 441 g/mol. The number of benzene rings is 5. The van der Waals surface area contributed by atoms with Gasteiger partial charge >= 0.3 is 0 Å². The van der Waals surface area contributed by atoms with E-state index >= 15 is 0 Å². The number of nitrogen functional groups attached to an aromatic ring is 1. The number of aromatic hydroxyl groups is 1. The van der Waals surface area contributed by atoms with Crippen LogP contribution in [0.5, 0.6) is 5.75 Å². The molecule has 0 unspecified atom stereocenters. The highest BCUT2D eigenvalue weighted by molar-refractivity contribution is 6.37. The molecule has 0 aliphatic rings. The Morgan fingerprint density at radius 1 is 0.583 bits per heavy atom. The highest BCUT2D eigenvalue weighted by Crippen LogP contribution is 2.43. The molecule has 5 aromatic carbocycles. The van der Waals surface area contributed by atoms with Crippen LogP contribution in [-0.2, 0) is 0 Å². The fraction of sp³-hybridized carbons (Fsp3) is 0.0323. The molecule has 5 heteroatoms. The number of anilines is 1. The first-order valence-corrected chi connectivity index (χ1v) is 12.0. The molecule has 0 saturated carbocycles. The van der Waals surface area contributed by atoms with Crippen molar-refractivity contribution in [2.24, 2.45) is 0 Å². The zero-order valence-electron chi connectivity index (χ0n) is 19.7. The number of phenolic OH excluding ortho intramolecular Hbond substituents is 1. The van der Waals surface area contributed by atoms with Crippen LogP contribution in [0.1, 0.15) is 5.56 Å². The fourth-order valence-corrected chi connectivity index (χ4v) is 5.65. The Morgan fingerprint density at radius 2 is 0.917 bits per heavy atom. The Balaban J connectivity index is 1.68. The summed E-state index contributed by atoms with van der Waals surface area (Å²) in [5, 5.41) is 16.4. The summed E-state index contributed by atoms with van der Waals surface area (Å²) in [5.41, 5.74) is 13.3. The lowest BCUT2D eigenvalue weighted by molar-refractivity contribution is 0.472. The largest absolute Gasteiger partial charge is 0.504 e. The molecule has 2 heterocycles. The van der Waals surface area contributed by atoms with Crippen molar-refractivity contribution in [2.45, 2.75) is 6.92 Å². The van der Waals surface area contributed by atoms with E-state index in [1.54, 1.807) is 0 Å². The summed E-state index contributed by atoms with van der Waals surface area (Å²) in [5.74, 6) is 0.0496. The van der Waals surface area contributed by atoms with Gasteiger partial charge in [-0.15, -0.1) is 0 Å². The van der Waals surface area contributed by atoms with Gasteiger partial charge in [0.05, 0.1) is 33.4 Å². The fourth-order valence-electron chi connectivity index (χ4n) is 5.65. The number of hydrogen-bond donors (Lipinski definition) is 2. The van der Waals surface area contributed by atoms with Crippen molar-refractivity contribution in [2.75, 3.05) is 5.73 Å².